The summed E-state index contributed by atoms with van der Waals surface area (Å²) < 4.78 is 16.4. The van der Waals surface area contributed by atoms with Gasteiger partial charge in [0.1, 0.15) is 24.9 Å². The number of ether oxygens (including phenoxy) is 3. The number of carbonyl (C=O) groups excluding carboxylic acids is 7. The van der Waals surface area contributed by atoms with Crippen molar-refractivity contribution in [3.63, 3.8) is 0 Å². The number of nitrogens with zero attached hydrogens (tertiary/aromatic N) is 1. The molecular formula is C39H64N6O12. The van der Waals surface area contributed by atoms with Crippen molar-refractivity contribution in [2.24, 2.45) is 23.5 Å². The van der Waals surface area contributed by atoms with Crippen molar-refractivity contribution < 1.29 is 57.7 Å². The molecule has 7 unspecified atom stereocenters. The number of likely N-dealkylation sites (tertiary alicyclic amines) is 1. The second kappa shape index (κ2) is 24.6. The van der Waals surface area contributed by atoms with Gasteiger partial charge in [0.15, 0.2) is 0 Å². The van der Waals surface area contributed by atoms with Crippen LogP contribution in [0.2, 0.25) is 0 Å². The first-order valence-electron chi connectivity index (χ1n) is 20.6. The number of methoxy groups -OCH3 is 1. The molecule has 3 rings (SSSR count). The number of unbranched alkanes of at least 4 members (excludes halogenated alkanes) is 1. The fourth-order valence-electron chi connectivity index (χ4n) is 7.95. The second-order valence-corrected chi connectivity index (χ2v) is 15.3. The van der Waals surface area contributed by atoms with Gasteiger partial charge in [-0.05, 0) is 44.4 Å². The number of amides is 6. The Kier molecular flexibility index (Phi) is 20.4. The summed E-state index contributed by atoms with van der Waals surface area (Å²) in [7, 11) is 1.53. The highest BCUT2D eigenvalue weighted by molar-refractivity contribution is 6.38. The van der Waals surface area contributed by atoms with Crippen LogP contribution in [0.15, 0.2) is 0 Å². The molecule has 57 heavy (non-hydrogen) atoms. The summed E-state index contributed by atoms with van der Waals surface area (Å²) in [6.45, 7) is 3.47. The summed E-state index contributed by atoms with van der Waals surface area (Å²) in [5.74, 6) is -8.23. The van der Waals surface area contributed by atoms with Gasteiger partial charge in [-0.25, -0.2) is 0 Å². The number of ketones is 1. The van der Waals surface area contributed by atoms with E-state index < -0.39 is 95.8 Å². The molecule has 2 aliphatic carbocycles. The summed E-state index contributed by atoms with van der Waals surface area (Å²) in [6, 6.07) is -4.40. The molecule has 1 saturated heterocycles. The van der Waals surface area contributed by atoms with Crippen molar-refractivity contribution in [3.8, 4) is 0 Å². The first-order valence-corrected chi connectivity index (χ1v) is 20.6. The molecule has 0 spiro atoms. The molecule has 2 saturated carbocycles. The van der Waals surface area contributed by atoms with Crippen molar-refractivity contribution in [1.29, 1.82) is 0 Å². The molecule has 3 aliphatic rings. The first kappa shape index (κ1) is 47.2. The number of hydrogen-bond acceptors (Lipinski definition) is 11. The molecule has 7 atom stereocenters. The summed E-state index contributed by atoms with van der Waals surface area (Å²) in [5, 5.41) is 20.2. The van der Waals surface area contributed by atoms with Gasteiger partial charge in [-0.2, -0.15) is 0 Å². The van der Waals surface area contributed by atoms with Crippen LogP contribution in [0.3, 0.4) is 0 Å². The Labute approximate surface area is 334 Å². The third-order valence-electron chi connectivity index (χ3n) is 11.1. The molecule has 0 aromatic heterocycles. The van der Waals surface area contributed by atoms with Gasteiger partial charge in [0, 0.05) is 20.1 Å². The fourth-order valence-corrected chi connectivity index (χ4v) is 7.95. The zero-order chi connectivity index (χ0) is 41.9. The van der Waals surface area contributed by atoms with Crippen LogP contribution < -0.4 is 27.0 Å². The summed E-state index contributed by atoms with van der Waals surface area (Å²) in [5.41, 5.74) is 5.38. The lowest BCUT2D eigenvalue weighted by Gasteiger charge is -2.36. The van der Waals surface area contributed by atoms with Gasteiger partial charge in [0.25, 0.3) is 5.91 Å². The number of Topliss-reactive ketones (excluding diaryl/α,β-unsaturated/α-hetero) is 1. The van der Waals surface area contributed by atoms with Crippen LogP contribution >= 0.6 is 0 Å². The van der Waals surface area contributed by atoms with Gasteiger partial charge in [0.05, 0.1) is 43.7 Å². The van der Waals surface area contributed by atoms with Crippen molar-refractivity contribution in [2.75, 3.05) is 40.2 Å². The van der Waals surface area contributed by atoms with Crippen molar-refractivity contribution in [1.82, 2.24) is 26.2 Å². The van der Waals surface area contributed by atoms with E-state index in [1.807, 2.05) is 6.92 Å². The highest BCUT2D eigenvalue weighted by Gasteiger charge is 2.46. The van der Waals surface area contributed by atoms with Crippen LogP contribution in [0, 0.1) is 17.8 Å². The van der Waals surface area contributed by atoms with Gasteiger partial charge < -0.3 is 51.2 Å². The maximum absolute atomic E-state index is 14.6. The number of nitrogens with two attached hydrogens (primary N) is 1. The predicted molar refractivity (Wildman–Crippen MR) is 205 cm³/mol. The Morgan fingerprint density at radius 1 is 0.807 bits per heavy atom. The average Bonchev–Trinajstić information content (AvgIpc) is 3.64. The number of hydrogen-bond donors (Lipinski definition) is 6. The molecule has 18 heteroatoms. The minimum atomic E-state index is -1.30. The molecule has 18 nitrogen and oxygen atoms in total. The van der Waals surface area contributed by atoms with E-state index in [-0.39, 0.29) is 38.7 Å². The largest absolute Gasteiger partial charge is 0.481 e. The quantitative estimate of drug-likeness (QED) is 0.0447. The van der Waals surface area contributed by atoms with Gasteiger partial charge in [-0.15, -0.1) is 0 Å². The van der Waals surface area contributed by atoms with Crippen molar-refractivity contribution in [2.45, 2.75) is 140 Å². The molecule has 6 amide bonds. The fraction of sp³-hybridized carbons (Fsp3) is 0.795. The maximum Gasteiger partial charge on any atom is 0.307 e. The van der Waals surface area contributed by atoms with Gasteiger partial charge >= 0.3 is 5.97 Å². The van der Waals surface area contributed by atoms with Crippen molar-refractivity contribution in [3.05, 3.63) is 0 Å². The minimum Gasteiger partial charge on any atom is -0.481 e. The number of carboxylic acids is 1. The average molecular weight is 809 g/mol. The zero-order valence-corrected chi connectivity index (χ0v) is 33.7. The van der Waals surface area contributed by atoms with Crippen LogP contribution in [-0.2, 0) is 52.6 Å². The monoisotopic (exact) mass is 808 g/mol. The van der Waals surface area contributed by atoms with E-state index in [4.69, 9.17) is 19.9 Å². The maximum atomic E-state index is 14.6. The number of carbonyl (C=O) groups is 8. The Bertz CT molecular complexity index is 1390. The standard InChI is InChI=1S/C39H64N6O12/c1-4-6-17-29(34(40)48)42-31(46)21-41-37(51)33(47)28(12-5-2)43-36(50)30-20-25(57-23-56-19-18-55-3)22-45(30)38(52)32(24-13-8-7-9-14-24)44-35(49)26-15-10-11-16-27(26)39(53)54/h24-30,32H,4-23H2,1-3H3,(H2,40,48)(H,41,51)(H,42,46)(H,43,50)(H,44,49)(H,53,54). The SMILES string of the molecule is CCCCC(NC(=O)CNC(=O)C(=O)C(CCC)NC(=O)C1CC(OCOCCOC)CN1C(=O)C(NC(=O)C1CCCCC1C(=O)O)C1CCCCC1)C(N)=O. The van der Waals surface area contributed by atoms with Crippen LogP contribution in [0.4, 0.5) is 0 Å². The third-order valence-corrected chi connectivity index (χ3v) is 11.1. The minimum absolute atomic E-state index is 0.0265. The molecule has 1 heterocycles. The lowest BCUT2D eigenvalue weighted by Crippen LogP contribution is -2.59. The Morgan fingerprint density at radius 3 is 2.12 bits per heavy atom. The molecule has 7 N–H and O–H groups in total. The van der Waals surface area contributed by atoms with Gasteiger partial charge in [-0.3, -0.25) is 38.4 Å². The highest BCUT2D eigenvalue weighted by atomic mass is 16.7. The van der Waals surface area contributed by atoms with Crippen molar-refractivity contribution >= 4 is 47.2 Å². The first-order chi connectivity index (χ1) is 27.3. The van der Waals surface area contributed by atoms with Crippen LogP contribution in [0.1, 0.15) is 110 Å². The smallest absolute Gasteiger partial charge is 0.307 e. The normalized spacial score (nSPS) is 22.8. The number of carboxylic acid groups (broad SMARTS) is 1. The summed E-state index contributed by atoms with van der Waals surface area (Å²) in [6.07, 6.45) is 7.69. The number of nitrogens with one attached hydrogen (secondary N) is 4. The molecule has 0 aromatic rings. The van der Waals surface area contributed by atoms with E-state index in [0.29, 0.717) is 64.4 Å². The molecular weight excluding hydrogens is 744 g/mol. The number of rotatable bonds is 24. The number of aliphatic carboxylic acids is 1. The van der Waals surface area contributed by atoms with Crippen LogP contribution in [0.25, 0.3) is 0 Å². The van der Waals surface area contributed by atoms with Gasteiger partial charge in [0.2, 0.25) is 35.3 Å². The summed E-state index contributed by atoms with van der Waals surface area (Å²) >= 11 is 0. The third kappa shape index (κ3) is 14.6. The molecule has 3 fully saturated rings. The van der Waals surface area contributed by atoms with E-state index in [0.717, 1.165) is 25.7 Å². The topological polar surface area (TPSA) is 262 Å². The van der Waals surface area contributed by atoms with Gasteiger partial charge in [-0.1, -0.05) is 65.2 Å². The van der Waals surface area contributed by atoms with Crippen LogP contribution in [0.5, 0.6) is 0 Å². The Hall–Kier alpha value is -4.16. The molecule has 0 aromatic carbocycles. The lowest BCUT2D eigenvalue weighted by atomic mass is 9.78. The highest BCUT2D eigenvalue weighted by Crippen LogP contribution is 2.33. The zero-order valence-electron chi connectivity index (χ0n) is 33.7. The molecule has 1 aliphatic heterocycles. The van der Waals surface area contributed by atoms with E-state index in [2.05, 4.69) is 21.3 Å². The predicted octanol–water partition coefficient (Wildman–Crippen LogP) is 0.680. The Balaban J connectivity index is 1.80. The van der Waals surface area contributed by atoms with E-state index in [1.165, 1.54) is 12.0 Å². The van der Waals surface area contributed by atoms with E-state index >= 15 is 0 Å². The molecule has 322 valence electrons. The number of primary amides is 1. The Morgan fingerprint density at radius 2 is 1.49 bits per heavy atom. The summed E-state index contributed by atoms with van der Waals surface area (Å²) in [4.78, 5) is 107. The molecule has 0 radical (unpaired) electrons. The van der Waals surface area contributed by atoms with E-state index in [1.54, 1.807) is 6.92 Å². The second-order valence-electron chi connectivity index (χ2n) is 15.3. The lowest BCUT2D eigenvalue weighted by molar-refractivity contribution is -0.150. The van der Waals surface area contributed by atoms with E-state index in [9.17, 15) is 43.5 Å². The molecule has 0 bridgehead atoms. The van der Waals surface area contributed by atoms with Crippen LogP contribution in [-0.4, -0.2) is 128 Å².